The lowest BCUT2D eigenvalue weighted by molar-refractivity contribution is 0.834. The van der Waals surface area contributed by atoms with Gasteiger partial charge in [0.2, 0.25) is 5.95 Å². The summed E-state index contributed by atoms with van der Waals surface area (Å²) < 4.78 is 0. The highest BCUT2D eigenvalue weighted by Gasteiger charge is 2.09. The molecule has 106 valence electrons. The largest absolute Gasteiger partial charge is 0.368 e. The van der Waals surface area contributed by atoms with Crippen LogP contribution in [0.2, 0.25) is 0 Å². The zero-order valence-electron chi connectivity index (χ0n) is 11.9. The molecule has 0 saturated heterocycles. The molecule has 0 aliphatic rings. The topological polar surface area (TPSA) is 80.0 Å². The van der Waals surface area contributed by atoms with Crippen molar-refractivity contribution in [2.24, 2.45) is 0 Å². The lowest BCUT2D eigenvalue weighted by Crippen LogP contribution is -2.24. The summed E-state index contributed by atoms with van der Waals surface area (Å²) in [5, 5.41) is 3.25. The van der Waals surface area contributed by atoms with Gasteiger partial charge < -0.3 is 16.0 Å². The maximum Gasteiger partial charge on any atom is 0.221 e. The van der Waals surface area contributed by atoms with Crippen LogP contribution in [0.25, 0.3) is 0 Å². The van der Waals surface area contributed by atoms with Gasteiger partial charge in [0.05, 0.1) is 0 Å². The summed E-state index contributed by atoms with van der Waals surface area (Å²) in [4.78, 5) is 14.7. The Bertz CT molecular complexity index is 553. The Balaban J connectivity index is 2.13. The first kappa shape index (κ1) is 14.0. The number of aromatic nitrogens is 3. The summed E-state index contributed by atoms with van der Waals surface area (Å²) in [6, 6.07) is 5.81. The molecule has 2 aromatic rings. The third kappa shape index (κ3) is 3.34. The molecule has 0 aliphatic heterocycles. The van der Waals surface area contributed by atoms with Crippen LogP contribution < -0.4 is 16.0 Å². The summed E-state index contributed by atoms with van der Waals surface area (Å²) in [7, 11) is 0. The van der Waals surface area contributed by atoms with E-state index in [4.69, 9.17) is 5.73 Å². The fourth-order valence-electron chi connectivity index (χ4n) is 2.03. The van der Waals surface area contributed by atoms with E-state index in [-0.39, 0.29) is 5.95 Å². The molecule has 0 saturated carbocycles. The van der Waals surface area contributed by atoms with Crippen LogP contribution in [-0.2, 0) is 6.54 Å². The molecule has 6 nitrogen and oxygen atoms in total. The Morgan fingerprint density at radius 1 is 1.15 bits per heavy atom. The number of nitrogens with zero attached hydrogens (tertiary/aromatic N) is 4. The van der Waals surface area contributed by atoms with Gasteiger partial charge in [0, 0.05) is 37.6 Å². The van der Waals surface area contributed by atoms with Crippen molar-refractivity contribution in [2.45, 2.75) is 20.4 Å². The van der Waals surface area contributed by atoms with Crippen molar-refractivity contribution in [3.63, 3.8) is 0 Å². The van der Waals surface area contributed by atoms with E-state index in [2.05, 4.69) is 45.1 Å². The molecule has 2 aromatic heterocycles. The molecule has 0 bridgehead atoms. The molecule has 2 heterocycles. The van der Waals surface area contributed by atoms with E-state index >= 15 is 0 Å². The highest BCUT2D eigenvalue weighted by Crippen LogP contribution is 2.18. The standard InChI is InChI=1S/C14H20N6/c1-3-20(4-2)13-11(6-5-8-16-13)10-18-12-7-9-17-14(15)19-12/h5-9H,3-4,10H2,1-2H3,(H3,15,17,18,19). The SMILES string of the molecule is CCN(CC)c1ncccc1CNc1ccnc(N)n1. The average molecular weight is 272 g/mol. The Kier molecular flexibility index (Phi) is 4.70. The summed E-state index contributed by atoms with van der Waals surface area (Å²) in [5.41, 5.74) is 6.70. The van der Waals surface area contributed by atoms with Crippen LogP contribution in [0, 0.1) is 0 Å². The van der Waals surface area contributed by atoms with E-state index in [1.54, 1.807) is 12.3 Å². The van der Waals surface area contributed by atoms with Crippen LogP contribution in [0.3, 0.4) is 0 Å². The van der Waals surface area contributed by atoms with Crippen LogP contribution in [-0.4, -0.2) is 28.0 Å². The third-order valence-electron chi connectivity index (χ3n) is 3.06. The van der Waals surface area contributed by atoms with Crippen LogP contribution >= 0.6 is 0 Å². The first-order chi connectivity index (χ1) is 9.74. The number of nitrogens with two attached hydrogens (primary N) is 1. The van der Waals surface area contributed by atoms with Crippen molar-refractivity contribution in [2.75, 3.05) is 29.0 Å². The van der Waals surface area contributed by atoms with Gasteiger partial charge in [-0.2, -0.15) is 4.98 Å². The number of anilines is 3. The average Bonchev–Trinajstić information content (AvgIpc) is 2.48. The molecule has 0 unspecified atom stereocenters. The van der Waals surface area contributed by atoms with Crippen molar-refractivity contribution in [3.05, 3.63) is 36.2 Å². The van der Waals surface area contributed by atoms with Crippen molar-refractivity contribution in [3.8, 4) is 0 Å². The Hall–Kier alpha value is -2.37. The zero-order chi connectivity index (χ0) is 14.4. The summed E-state index contributed by atoms with van der Waals surface area (Å²) in [6.07, 6.45) is 3.46. The van der Waals surface area contributed by atoms with Crippen molar-refractivity contribution < 1.29 is 0 Å². The summed E-state index contributed by atoms with van der Waals surface area (Å²) in [5.74, 6) is 1.99. The minimum Gasteiger partial charge on any atom is -0.368 e. The van der Waals surface area contributed by atoms with E-state index in [1.807, 2.05) is 12.3 Å². The Morgan fingerprint density at radius 2 is 1.95 bits per heavy atom. The first-order valence-electron chi connectivity index (χ1n) is 6.75. The van der Waals surface area contributed by atoms with Crippen molar-refractivity contribution in [1.29, 1.82) is 0 Å². The second kappa shape index (κ2) is 6.70. The lowest BCUT2D eigenvalue weighted by Gasteiger charge is -2.22. The molecule has 6 heteroatoms. The number of hydrogen-bond donors (Lipinski definition) is 2. The molecule has 0 amide bonds. The number of nitrogens with one attached hydrogen (secondary N) is 1. The van der Waals surface area contributed by atoms with Gasteiger partial charge in [-0.1, -0.05) is 6.07 Å². The monoisotopic (exact) mass is 272 g/mol. The molecular formula is C14H20N6. The predicted octanol–water partition coefficient (Wildman–Crippen LogP) is 1.91. The van der Waals surface area contributed by atoms with Gasteiger partial charge in [-0.15, -0.1) is 0 Å². The van der Waals surface area contributed by atoms with Gasteiger partial charge >= 0.3 is 0 Å². The Morgan fingerprint density at radius 3 is 2.65 bits per heavy atom. The molecular weight excluding hydrogens is 252 g/mol. The molecule has 0 atom stereocenters. The van der Waals surface area contributed by atoms with E-state index in [0.29, 0.717) is 12.4 Å². The van der Waals surface area contributed by atoms with E-state index in [0.717, 1.165) is 24.5 Å². The second-order valence-corrected chi connectivity index (χ2v) is 4.31. The second-order valence-electron chi connectivity index (χ2n) is 4.31. The highest BCUT2D eigenvalue weighted by atomic mass is 15.2. The number of nitrogen functional groups attached to an aromatic ring is 1. The fourth-order valence-corrected chi connectivity index (χ4v) is 2.03. The number of rotatable bonds is 6. The maximum atomic E-state index is 5.57. The summed E-state index contributed by atoms with van der Waals surface area (Å²) >= 11 is 0. The molecule has 3 N–H and O–H groups in total. The van der Waals surface area contributed by atoms with Gasteiger partial charge in [-0.3, -0.25) is 0 Å². The normalized spacial score (nSPS) is 10.3. The van der Waals surface area contributed by atoms with Crippen LogP contribution in [0.1, 0.15) is 19.4 Å². The minimum absolute atomic E-state index is 0.269. The molecule has 2 rings (SSSR count). The van der Waals surface area contributed by atoms with Crippen LogP contribution in [0.15, 0.2) is 30.6 Å². The lowest BCUT2D eigenvalue weighted by atomic mass is 10.2. The van der Waals surface area contributed by atoms with E-state index in [9.17, 15) is 0 Å². The van der Waals surface area contributed by atoms with E-state index in [1.165, 1.54) is 0 Å². The third-order valence-corrected chi connectivity index (χ3v) is 3.06. The van der Waals surface area contributed by atoms with Crippen molar-refractivity contribution in [1.82, 2.24) is 15.0 Å². The zero-order valence-corrected chi connectivity index (χ0v) is 11.9. The quantitative estimate of drug-likeness (QED) is 0.836. The van der Waals surface area contributed by atoms with Gasteiger partial charge in [0.25, 0.3) is 0 Å². The molecule has 0 radical (unpaired) electrons. The number of hydrogen-bond acceptors (Lipinski definition) is 6. The van der Waals surface area contributed by atoms with Crippen LogP contribution in [0.5, 0.6) is 0 Å². The molecule has 0 fully saturated rings. The molecule has 20 heavy (non-hydrogen) atoms. The smallest absolute Gasteiger partial charge is 0.221 e. The van der Waals surface area contributed by atoms with Crippen LogP contribution in [0.4, 0.5) is 17.6 Å². The Labute approximate surface area is 119 Å². The van der Waals surface area contributed by atoms with E-state index < -0.39 is 0 Å². The predicted molar refractivity (Wildman–Crippen MR) is 81.6 cm³/mol. The minimum atomic E-state index is 0.269. The fraction of sp³-hybridized carbons (Fsp3) is 0.357. The maximum absolute atomic E-state index is 5.57. The first-order valence-corrected chi connectivity index (χ1v) is 6.75. The molecule has 0 aromatic carbocycles. The molecule has 0 spiro atoms. The van der Waals surface area contributed by atoms with Gasteiger partial charge in [-0.05, 0) is 26.0 Å². The van der Waals surface area contributed by atoms with Crippen molar-refractivity contribution >= 4 is 17.6 Å². The van der Waals surface area contributed by atoms with Gasteiger partial charge in [-0.25, -0.2) is 9.97 Å². The van der Waals surface area contributed by atoms with Gasteiger partial charge in [0.15, 0.2) is 0 Å². The van der Waals surface area contributed by atoms with Gasteiger partial charge in [0.1, 0.15) is 11.6 Å². The highest BCUT2D eigenvalue weighted by molar-refractivity contribution is 5.49. The number of pyridine rings is 1. The summed E-state index contributed by atoms with van der Waals surface area (Å²) in [6.45, 7) is 6.76. The molecule has 0 aliphatic carbocycles.